The second kappa shape index (κ2) is 4.97. The number of fused-ring (bicyclic) bond motifs is 1. The van der Waals surface area contributed by atoms with Crippen LogP contribution in [-0.2, 0) is 11.8 Å². The number of hydrogen-bond donors (Lipinski definition) is 0. The van der Waals surface area contributed by atoms with Crippen molar-refractivity contribution in [2.24, 2.45) is 0 Å². The van der Waals surface area contributed by atoms with E-state index in [1.807, 2.05) is 24.3 Å². The first-order valence-electron chi connectivity index (χ1n) is 6.42. The molecule has 1 heterocycles. The Bertz CT molecular complexity index is 611. The number of hydrogen-bond acceptors (Lipinski definition) is 1. The van der Waals surface area contributed by atoms with Gasteiger partial charge in [-0.1, -0.05) is 40.2 Å². The molecule has 0 bridgehead atoms. The lowest BCUT2D eigenvalue weighted by Gasteiger charge is -2.25. The zero-order valence-corrected chi connectivity index (χ0v) is 12.3. The van der Waals surface area contributed by atoms with Crippen LogP contribution in [0.25, 0.3) is 0 Å². The lowest BCUT2D eigenvalue weighted by Crippen LogP contribution is -2.24. The van der Waals surface area contributed by atoms with Crippen LogP contribution >= 0.6 is 15.9 Å². The van der Waals surface area contributed by atoms with Crippen LogP contribution in [0.3, 0.4) is 0 Å². The van der Waals surface area contributed by atoms with Gasteiger partial charge in [0, 0.05) is 17.1 Å². The van der Waals surface area contributed by atoms with E-state index in [4.69, 9.17) is 0 Å². The highest BCUT2D eigenvalue weighted by atomic mass is 79.9. The van der Waals surface area contributed by atoms with E-state index in [-0.39, 0.29) is 5.82 Å². The molecule has 0 aromatic heterocycles. The molecule has 0 aliphatic carbocycles. The average molecular weight is 320 g/mol. The third kappa shape index (κ3) is 2.16. The van der Waals surface area contributed by atoms with Crippen LogP contribution in [0.4, 0.5) is 15.8 Å². The molecule has 1 aliphatic heterocycles. The van der Waals surface area contributed by atoms with Gasteiger partial charge in [-0.05, 0) is 42.7 Å². The molecule has 2 aromatic carbocycles. The predicted octanol–water partition coefficient (Wildman–Crippen LogP) is 4.80. The maximum absolute atomic E-state index is 14.3. The van der Waals surface area contributed by atoms with Crippen molar-refractivity contribution in [3.63, 3.8) is 0 Å². The first kappa shape index (κ1) is 12.7. The van der Waals surface area contributed by atoms with Gasteiger partial charge in [0.25, 0.3) is 0 Å². The Balaban J connectivity index is 2.07. The van der Waals surface area contributed by atoms with Crippen molar-refractivity contribution < 1.29 is 4.39 Å². The molecule has 19 heavy (non-hydrogen) atoms. The fourth-order valence-electron chi connectivity index (χ4n) is 2.76. The van der Waals surface area contributed by atoms with Crippen LogP contribution in [0.5, 0.6) is 0 Å². The lowest BCUT2D eigenvalue weighted by molar-refractivity contribution is 0.617. The van der Waals surface area contributed by atoms with Gasteiger partial charge < -0.3 is 4.90 Å². The molecule has 1 nitrogen and oxygen atoms in total. The zero-order valence-electron chi connectivity index (χ0n) is 10.7. The maximum Gasteiger partial charge on any atom is 0.147 e. The average Bonchev–Trinajstić information content (AvgIpc) is 2.75. The molecule has 3 rings (SSSR count). The van der Waals surface area contributed by atoms with Crippen molar-refractivity contribution in [2.45, 2.75) is 24.7 Å². The summed E-state index contributed by atoms with van der Waals surface area (Å²) in [4.78, 5) is 2.10. The number of nitrogens with zero attached hydrogens (tertiary/aromatic N) is 1. The van der Waals surface area contributed by atoms with Crippen LogP contribution in [0.15, 0.2) is 42.5 Å². The largest absolute Gasteiger partial charge is 0.336 e. The van der Waals surface area contributed by atoms with Gasteiger partial charge in [-0.3, -0.25) is 0 Å². The fourth-order valence-corrected chi connectivity index (χ4v) is 3.11. The molecule has 0 saturated heterocycles. The van der Waals surface area contributed by atoms with Crippen LogP contribution in [0.2, 0.25) is 0 Å². The van der Waals surface area contributed by atoms with E-state index in [9.17, 15) is 4.39 Å². The summed E-state index contributed by atoms with van der Waals surface area (Å²) in [7, 11) is 0. The van der Waals surface area contributed by atoms with E-state index in [1.54, 1.807) is 6.07 Å². The summed E-state index contributed by atoms with van der Waals surface area (Å²) in [5.74, 6) is -0.152. The van der Waals surface area contributed by atoms with Gasteiger partial charge in [-0.2, -0.15) is 0 Å². The standard InChI is InChI=1S/C16H15BrFN/c1-11-8-13-4-2-3-5-15(13)19(11)16-7-6-12(10-17)9-14(16)18/h2-7,9,11H,8,10H2,1H3. The van der Waals surface area contributed by atoms with Crippen molar-refractivity contribution in [2.75, 3.05) is 4.90 Å². The molecule has 0 fully saturated rings. The first-order valence-corrected chi connectivity index (χ1v) is 7.54. The molecular formula is C16H15BrFN. The lowest BCUT2D eigenvalue weighted by atomic mass is 10.1. The highest BCUT2D eigenvalue weighted by Gasteiger charge is 2.28. The number of anilines is 2. The van der Waals surface area contributed by atoms with Gasteiger partial charge >= 0.3 is 0 Å². The second-order valence-corrected chi connectivity index (χ2v) is 5.53. The van der Waals surface area contributed by atoms with Crippen molar-refractivity contribution in [1.82, 2.24) is 0 Å². The fraction of sp³-hybridized carbons (Fsp3) is 0.250. The molecule has 0 N–H and O–H groups in total. The maximum atomic E-state index is 14.3. The summed E-state index contributed by atoms with van der Waals surface area (Å²) >= 11 is 3.36. The third-order valence-corrected chi connectivity index (χ3v) is 4.28. The molecule has 0 spiro atoms. The van der Waals surface area contributed by atoms with E-state index < -0.39 is 0 Å². The summed E-state index contributed by atoms with van der Waals surface area (Å²) < 4.78 is 14.3. The quantitative estimate of drug-likeness (QED) is 0.718. The Morgan fingerprint density at radius 3 is 2.74 bits per heavy atom. The van der Waals surface area contributed by atoms with E-state index in [1.165, 1.54) is 5.56 Å². The summed E-state index contributed by atoms with van der Waals surface area (Å²) in [6.45, 7) is 2.14. The van der Waals surface area contributed by atoms with Crippen LogP contribution < -0.4 is 4.90 Å². The summed E-state index contributed by atoms with van der Waals surface area (Å²) in [6.07, 6.45) is 0.968. The molecule has 98 valence electrons. The highest BCUT2D eigenvalue weighted by molar-refractivity contribution is 9.08. The van der Waals surface area contributed by atoms with E-state index >= 15 is 0 Å². The van der Waals surface area contributed by atoms with Gasteiger partial charge in [0.05, 0.1) is 5.69 Å². The van der Waals surface area contributed by atoms with Crippen molar-refractivity contribution >= 4 is 27.3 Å². The highest BCUT2D eigenvalue weighted by Crippen LogP contribution is 2.39. The van der Waals surface area contributed by atoms with Gasteiger partial charge in [0.2, 0.25) is 0 Å². The Kier molecular flexibility index (Phi) is 3.31. The minimum Gasteiger partial charge on any atom is -0.336 e. The molecule has 1 atom stereocenters. The zero-order chi connectivity index (χ0) is 13.4. The van der Waals surface area contributed by atoms with Crippen molar-refractivity contribution in [3.05, 3.63) is 59.4 Å². The molecule has 0 radical (unpaired) electrons. The minimum atomic E-state index is -0.152. The van der Waals surface area contributed by atoms with Gasteiger partial charge in [-0.25, -0.2) is 4.39 Å². The number of rotatable bonds is 2. The topological polar surface area (TPSA) is 3.24 Å². The predicted molar refractivity (Wildman–Crippen MR) is 80.8 cm³/mol. The minimum absolute atomic E-state index is 0.152. The second-order valence-electron chi connectivity index (χ2n) is 4.97. The van der Waals surface area contributed by atoms with Crippen molar-refractivity contribution in [3.8, 4) is 0 Å². The molecule has 1 aliphatic rings. The summed E-state index contributed by atoms with van der Waals surface area (Å²) in [6, 6.07) is 14.0. The van der Waals surface area contributed by atoms with E-state index in [0.29, 0.717) is 17.1 Å². The molecule has 2 aromatic rings. The van der Waals surface area contributed by atoms with Crippen LogP contribution in [0.1, 0.15) is 18.1 Å². The first-order chi connectivity index (χ1) is 9.20. The summed E-state index contributed by atoms with van der Waals surface area (Å²) in [5, 5.41) is 0.677. The number of alkyl halides is 1. The molecular weight excluding hydrogens is 305 g/mol. The number of para-hydroxylation sites is 1. The Hall–Kier alpha value is -1.35. The number of benzene rings is 2. The SMILES string of the molecule is CC1Cc2ccccc2N1c1ccc(CBr)cc1F. The van der Waals surface area contributed by atoms with Gasteiger partial charge in [-0.15, -0.1) is 0 Å². The molecule has 1 unspecified atom stereocenters. The van der Waals surface area contributed by atoms with Gasteiger partial charge in [0.1, 0.15) is 5.82 Å². The Labute approximate surface area is 121 Å². The molecule has 3 heteroatoms. The third-order valence-electron chi connectivity index (χ3n) is 3.63. The number of halogens is 2. The molecule has 0 saturated carbocycles. The van der Waals surface area contributed by atoms with Crippen molar-refractivity contribution in [1.29, 1.82) is 0 Å². The van der Waals surface area contributed by atoms with E-state index in [2.05, 4.69) is 39.9 Å². The van der Waals surface area contributed by atoms with Gasteiger partial charge in [0.15, 0.2) is 0 Å². The smallest absolute Gasteiger partial charge is 0.147 e. The van der Waals surface area contributed by atoms with E-state index in [0.717, 1.165) is 17.7 Å². The normalized spacial score (nSPS) is 17.6. The Morgan fingerprint density at radius 2 is 2.00 bits per heavy atom. The summed E-state index contributed by atoms with van der Waals surface area (Å²) in [5.41, 5.74) is 4.04. The molecule has 0 amide bonds. The monoisotopic (exact) mass is 319 g/mol. The van der Waals surface area contributed by atoms with Crippen LogP contribution in [0, 0.1) is 5.82 Å². The Morgan fingerprint density at radius 1 is 1.21 bits per heavy atom. The van der Waals surface area contributed by atoms with Crippen LogP contribution in [-0.4, -0.2) is 6.04 Å².